The maximum Gasteiger partial charge on any atom is 0.303 e. The van der Waals surface area contributed by atoms with Crippen molar-refractivity contribution in [1.29, 1.82) is 0 Å². The van der Waals surface area contributed by atoms with Crippen LogP contribution in [0.3, 0.4) is 0 Å². The van der Waals surface area contributed by atoms with Gasteiger partial charge in [0.15, 0.2) is 5.82 Å². The largest absolute Gasteiger partial charge is 0.481 e. The van der Waals surface area contributed by atoms with Gasteiger partial charge in [0.05, 0.1) is 17.1 Å². The summed E-state index contributed by atoms with van der Waals surface area (Å²) in [5, 5.41) is 15.0. The molecule has 0 unspecified atom stereocenters. The molecule has 0 saturated carbocycles. The van der Waals surface area contributed by atoms with Gasteiger partial charge in [0.25, 0.3) is 5.91 Å². The lowest BCUT2D eigenvalue weighted by Gasteiger charge is -2.15. The number of carboxylic acid groups (broad SMARTS) is 1. The molecule has 0 spiro atoms. The number of amides is 1. The lowest BCUT2D eigenvalue weighted by atomic mass is 10.1. The van der Waals surface area contributed by atoms with Gasteiger partial charge in [-0.3, -0.25) is 9.59 Å². The SMILES string of the molecule is C[C@@H](NC(=O)c1ccc2nc(-c3ccccc3)c(NCCCC(=O)O)nc2c1)c1ccc(F)cc1. The molecule has 0 fully saturated rings. The van der Waals surface area contributed by atoms with E-state index >= 15 is 0 Å². The fourth-order valence-corrected chi connectivity index (χ4v) is 3.68. The Hall–Kier alpha value is -4.33. The van der Waals surface area contributed by atoms with Gasteiger partial charge >= 0.3 is 5.97 Å². The lowest BCUT2D eigenvalue weighted by Crippen LogP contribution is -2.26. The number of anilines is 1. The molecule has 1 heterocycles. The van der Waals surface area contributed by atoms with Crippen molar-refractivity contribution < 1.29 is 19.1 Å². The monoisotopic (exact) mass is 472 g/mol. The Morgan fingerprint density at radius 1 is 0.971 bits per heavy atom. The number of aliphatic carboxylic acids is 1. The number of hydrogen-bond acceptors (Lipinski definition) is 5. The standard InChI is InChI=1S/C27H25FN4O3/c1-17(18-9-12-21(28)13-10-18)30-27(35)20-11-14-22-23(16-20)32-26(29-15-5-8-24(33)34)25(31-22)19-6-3-2-4-7-19/h2-4,6-7,9-14,16-17H,5,8,15H2,1H3,(H,29,32)(H,30,35)(H,33,34)/t17-/m1/s1. The molecule has 8 heteroatoms. The van der Waals surface area contributed by atoms with Crippen molar-refractivity contribution in [2.45, 2.75) is 25.8 Å². The second-order valence-corrected chi connectivity index (χ2v) is 8.16. The van der Waals surface area contributed by atoms with Crippen LogP contribution in [0.4, 0.5) is 10.2 Å². The van der Waals surface area contributed by atoms with Crippen LogP contribution >= 0.6 is 0 Å². The average Bonchev–Trinajstić information content (AvgIpc) is 2.86. The van der Waals surface area contributed by atoms with Gasteiger partial charge in [-0.1, -0.05) is 42.5 Å². The molecule has 1 amide bonds. The van der Waals surface area contributed by atoms with Crippen molar-refractivity contribution >= 4 is 28.7 Å². The van der Waals surface area contributed by atoms with E-state index in [4.69, 9.17) is 15.1 Å². The molecule has 0 bridgehead atoms. The van der Waals surface area contributed by atoms with Crippen LogP contribution in [-0.4, -0.2) is 33.5 Å². The van der Waals surface area contributed by atoms with Crippen LogP contribution in [0.1, 0.15) is 41.7 Å². The van der Waals surface area contributed by atoms with Crippen LogP contribution in [0.25, 0.3) is 22.3 Å². The highest BCUT2D eigenvalue weighted by Gasteiger charge is 2.15. The fourth-order valence-electron chi connectivity index (χ4n) is 3.68. The summed E-state index contributed by atoms with van der Waals surface area (Å²) in [5.41, 5.74) is 3.90. The minimum absolute atomic E-state index is 0.0469. The van der Waals surface area contributed by atoms with Crippen LogP contribution in [0, 0.1) is 5.82 Å². The highest BCUT2D eigenvalue weighted by molar-refractivity contribution is 5.98. The number of benzene rings is 3. The molecule has 4 aromatic rings. The highest BCUT2D eigenvalue weighted by atomic mass is 19.1. The number of carbonyl (C=O) groups excluding carboxylic acids is 1. The van der Waals surface area contributed by atoms with E-state index in [1.807, 2.05) is 37.3 Å². The predicted molar refractivity (Wildman–Crippen MR) is 133 cm³/mol. The van der Waals surface area contributed by atoms with Crippen LogP contribution in [0.15, 0.2) is 72.8 Å². The van der Waals surface area contributed by atoms with E-state index in [1.165, 1.54) is 12.1 Å². The summed E-state index contributed by atoms with van der Waals surface area (Å²) in [4.78, 5) is 33.2. The van der Waals surface area contributed by atoms with Gasteiger partial charge in [0, 0.05) is 24.1 Å². The topological polar surface area (TPSA) is 104 Å². The Morgan fingerprint density at radius 2 is 1.71 bits per heavy atom. The van der Waals surface area contributed by atoms with Crippen molar-refractivity contribution in [2.75, 3.05) is 11.9 Å². The number of aromatic nitrogens is 2. The molecule has 1 aromatic heterocycles. The first kappa shape index (κ1) is 23.8. The summed E-state index contributed by atoms with van der Waals surface area (Å²) in [6, 6.07) is 20.4. The number of nitrogens with one attached hydrogen (secondary N) is 2. The number of carboxylic acids is 1. The van der Waals surface area contributed by atoms with Crippen LogP contribution < -0.4 is 10.6 Å². The van der Waals surface area contributed by atoms with Crippen LogP contribution in [0.2, 0.25) is 0 Å². The molecule has 1 atom stereocenters. The molecule has 35 heavy (non-hydrogen) atoms. The van der Waals surface area contributed by atoms with E-state index < -0.39 is 5.97 Å². The van der Waals surface area contributed by atoms with Crippen molar-refractivity contribution in [3.8, 4) is 11.3 Å². The van der Waals surface area contributed by atoms with E-state index in [-0.39, 0.29) is 24.2 Å². The first-order chi connectivity index (χ1) is 16.9. The molecular formula is C27H25FN4O3. The third kappa shape index (κ3) is 5.97. The minimum atomic E-state index is -0.856. The van der Waals surface area contributed by atoms with E-state index in [0.29, 0.717) is 41.1 Å². The lowest BCUT2D eigenvalue weighted by molar-refractivity contribution is -0.137. The number of hydrogen-bond donors (Lipinski definition) is 3. The van der Waals surface area contributed by atoms with Gasteiger partial charge in [-0.05, 0) is 49.2 Å². The zero-order valence-corrected chi connectivity index (χ0v) is 19.2. The third-order valence-corrected chi connectivity index (χ3v) is 5.55. The summed E-state index contributed by atoms with van der Waals surface area (Å²) in [5.74, 6) is -0.951. The number of nitrogens with zero attached hydrogens (tertiary/aromatic N) is 2. The number of fused-ring (bicyclic) bond motifs is 1. The molecule has 0 aliphatic carbocycles. The Balaban J connectivity index is 1.61. The maximum absolute atomic E-state index is 13.2. The van der Waals surface area contributed by atoms with Crippen molar-refractivity contribution in [3.63, 3.8) is 0 Å². The van der Waals surface area contributed by atoms with Crippen molar-refractivity contribution in [2.24, 2.45) is 0 Å². The number of carbonyl (C=O) groups is 2. The Kier molecular flexibility index (Phi) is 7.30. The normalized spacial score (nSPS) is 11.7. The van der Waals surface area contributed by atoms with Crippen LogP contribution in [-0.2, 0) is 4.79 Å². The highest BCUT2D eigenvalue weighted by Crippen LogP contribution is 2.27. The second kappa shape index (κ2) is 10.7. The number of halogens is 1. The van der Waals surface area contributed by atoms with Gasteiger partial charge in [-0.2, -0.15) is 0 Å². The molecule has 3 aromatic carbocycles. The van der Waals surface area contributed by atoms with Crippen molar-refractivity contribution in [1.82, 2.24) is 15.3 Å². The van der Waals surface area contributed by atoms with Crippen LogP contribution in [0.5, 0.6) is 0 Å². The molecule has 0 radical (unpaired) electrons. The molecule has 178 valence electrons. The Labute approximate surface area is 202 Å². The average molecular weight is 473 g/mol. The zero-order chi connectivity index (χ0) is 24.8. The Morgan fingerprint density at radius 3 is 2.43 bits per heavy atom. The summed E-state index contributed by atoms with van der Waals surface area (Å²) in [6.07, 6.45) is 0.484. The van der Waals surface area contributed by atoms with E-state index in [0.717, 1.165) is 11.1 Å². The quantitative estimate of drug-likeness (QED) is 0.289. The second-order valence-electron chi connectivity index (χ2n) is 8.16. The zero-order valence-electron chi connectivity index (χ0n) is 19.2. The maximum atomic E-state index is 13.2. The Bertz CT molecular complexity index is 1340. The molecule has 3 N–H and O–H groups in total. The van der Waals surface area contributed by atoms with E-state index in [1.54, 1.807) is 30.3 Å². The molecule has 7 nitrogen and oxygen atoms in total. The first-order valence-corrected chi connectivity index (χ1v) is 11.3. The summed E-state index contributed by atoms with van der Waals surface area (Å²) in [6.45, 7) is 2.25. The van der Waals surface area contributed by atoms with Gasteiger partial charge in [0.2, 0.25) is 0 Å². The van der Waals surface area contributed by atoms with Gasteiger partial charge in [-0.15, -0.1) is 0 Å². The molecule has 0 saturated heterocycles. The molecule has 0 aliphatic rings. The smallest absolute Gasteiger partial charge is 0.303 e. The van der Waals surface area contributed by atoms with E-state index in [2.05, 4.69) is 10.6 Å². The van der Waals surface area contributed by atoms with Gasteiger partial charge in [-0.25, -0.2) is 14.4 Å². The predicted octanol–water partition coefficient (Wildman–Crippen LogP) is 5.20. The first-order valence-electron chi connectivity index (χ1n) is 11.3. The van der Waals surface area contributed by atoms with Gasteiger partial charge < -0.3 is 15.7 Å². The molecular weight excluding hydrogens is 447 g/mol. The molecule has 4 rings (SSSR count). The van der Waals surface area contributed by atoms with E-state index in [9.17, 15) is 14.0 Å². The minimum Gasteiger partial charge on any atom is -0.481 e. The summed E-state index contributed by atoms with van der Waals surface area (Å²) >= 11 is 0. The van der Waals surface area contributed by atoms with Crippen molar-refractivity contribution in [3.05, 3.63) is 89.7 Å². The molecule has 0 aliphatic heterocycles. The van der Waals surface area contributed by atoms with Gasteiger partial charge in [0.1, 0.15) is 11.5 Å². The third-order valence-electron chi connectivity index (χ3n) is 5.55. The number of rotatable bonds is 9. The summed E-state index contributed by atoms with van der Waals surface area (Å²) < 4.78 is 13.2. The fraction of sp³-hybridized carbons (Fsp3) is 0.185. The summed E-state index contributed by atoms with van der Waals surface area (Å²) in [7, 11) is 0.